The number of amides is 2. The number of carbonyl (C=O) groups is 2. The molecule has 0 aromatic rings. The van der Waals surface area contributed by atoms with E-state index in [2.05, 4.69) is 31.4 Å². The van der Waals surface area contributed by atoms with Gasteiger partial charge in [0.2, 0.25) is 11.8 Å². The molecule has 1 aliphatic rings. The molecular formula is C15H28N2O2. The minimum absolute atomic E-state index is 0.0781. The van der Waals surface area contributed by atoms with Crippen LogP contribution in [0.15, 0.2) is 0 Å². The van der Waals surface area contributed by atoms with E-state index < -0.39 is 5.41 Å². The lowest BCUT2D eigenvalue weighted by Gasteiger charge is -2.15. The fourth-order valence-corrected chi connectivity index (χ4v) is 2.07. The second-order valence-corrected chi connectivity index (χ2v) is 5.98. The van der Waals surface area contributed by atoms with Crippen LogP contribution in [0.3, 0.4) is 0 Å². The quantitative estimate of drug-likeness (QED) is 0.497. The molecule has 4 heteroatoms. The van der Waals surface area contributed by atoms with E-state index >= 15 is 0 Å². The minimum Gasteiger partial charge on any atom is -0.355 e. The Bertz CT molecular complexity index is 309. The second-order valence-electron chi connectivity index (χ2n) is 5.98. The van der Waals surface area contributed by atoms with Gasteiger partial charge in [0.05, 0.1) is 0 Å². The van der Waals surface area contributed by atoms with Crippen molar-refractivity contribution in [3.8, 4) is 0 Å². The van der Waals surface area contributed by atoms with E-state index in [4.69, 9.17) is 0 Å². The maximum absolute atomic E-state index is 12.1. The standard InChI is InChI=1S/C15H28N2O2/c1-4-5-6-10-16-13(18)15(8-9-15)14(19)17-11-7-12(2)3/h12H,4-11H2,1-3H3,(H,16,18)(H,17,19). The lowest BCUT2D eigenvalue weighted by Crippen LogP contribution is -2.43. The molecule has 0 radical (unpaired) electrons. The molecule has 0 spiro atoms. The molecule has 2 amide bonds. The molecule has 0 aromatic carbocycles. The van der Waals surface area contributed by atoms with Crippen LogP contribution in [-0.2, 0) is 9.59 Å². The monoisotopic (exact) mass is 268 g/mol. The third-order valence-electron chi connectivity index (χ3n) is 3.69. The van der Waals surface area contributed by atoms with Crippen LogP contribution in [0, 0.1) is 11.3 Å². The van der Waals surface area contributed by atoms with Crippen molar-refractivity contribution in [1.82, 2.24) is 10.6 Å². The molecule has 1 rings (SSSR count). The number of rotatable bonds is 9. The summed E-state index contributed by atoms with van der Waals surface area (Å²) in [6.45, 7) is 7.74. The molecule has 1 saturated carbocycles. The van der Waals surface area contributed by atoms with Crippen molar-refractivity contribution in [3.05, 3.63) is 0 Å². The van der Waals surface area contributed by atoms with Gasteiger partial charge in [-0.2, -0.15) is 0 Å². The summed E-state index contributed by atoms with van der Waals surface area (Å²) < 4.78 is 0. The molecule has 0 bridgehead atoms. The molecule has 1 fully saturated rings. The van der Waals surface area contributed by atoms with Crippen molar-refractivity contribution >= 4 is 11.8 Å². The first-order chi connectivity index (χ1) is 9.03. The third kappa shape index (κ3) is 4.84. The molecule has 110 valence electrons. The summed E-state index contributed by atoms with van der Waals surface area (Å²) >= 11 is 0. The predicted molar refractivity (Wildman–Crippen MR) is 76.7 cm³/mol. The van der Waals surface area contributed by atoms with Gasteiger partial charge >= 0.3 is 0 Å². The van der Waals surface area contributed by atoms with Crippen LogP contribution in [0.5, 0.6) is 0 Å². The van der Waals surface area contributed by atoms with Crippen LogP contribution in [-0.4, -0.2) is 24.9 Å². The van der Waals surface area contributed by atoms with Crippen LogP contribution in [0.4, 0.5) is 0 Å². The molecular weight excluding hydrogens is 240 g/mol. The van der Waals surface area contributed by atoms with Gasteiger partial charge in [-0.05, 0) is 31.6 Å². The summed E-state index contributed by atoms with van der Waals surface area (Å²) in [5, 5.41) is 5.80. The van der Waals surface area contributed by atoms with E-state index in [0.29, 0.717) is 31.8 Å². The average molecular weight is 268 g/mol. The Hall–Kier alpha value is -1.06. The molecule has 19 heavy (non-hydrogen) atoms. The third-order valence-corrected chi connectivity index (χ3v) is 3.69. The summed E-state index contributed by atoms with van der Waals surface area (Å²) in [5.74, 6) is 0.408. The first-order valence-corrected chi connectivity index (χ1v) is 7.59. The van der Waals surface area contributed by atoms with Crippen LogP contribution in [0.25, 0.3) is 0 Å². The van der Waals surface area contributed by atoms with Gasteiger partial charge in [-0.1, -0.05) is 33.6 Å². The zero-order valence-electron chi connectivity index (χ0n) is 12.6. The Balaban J connectivity index is 2.30. The lowest BCUT2D eigenvalue weighted by atomic mass is 10.0. The van der Waals surface area contributed by atoms with Crippen molar-refractivity contribution in [1.29, 1.82) is 0 Å². The Morgan fingerprint density at radius 3 is 2.11 bits per heavy atom. The molecule has 0 aliphatic heterocycles. The lowest BCUT2D eigenvalue weighted by molar-refractivity contribution is -0.137. The summed E-state index contributed by atoms with van der Waals surface area (Å²) in [7, 11) is 0. The van der Waals surface area contributed by atoms with E-state index in [-0.39, 0.29) is 11.8 Å². The highest BCUT2D eigenvalue weighted by atomic mass is 16.2. The van der Waals surface area contributed by atoms with Gasteiger partial charge in [0.1, 0.15) is 5.41 Å². The molecule has 0 heterocycles. The van der Waals surface area contributed by atoms with Gasteiger partial charge < -0.3 is 10.6 Å². The molecule has 0 saturated heterocycles. The smallest absolute Gasteiger partial charge is 0.235 e. The van der Waals surface area contributed by atoms with Gasteiger partial charge in [0.15, 0.2) is 0 Å². The van der Waals surface area contributed by atoms with Gasteiger partial charge in [0.25, 0.3) is 0 Å². The highest BCUT2D eigenvalue weighted by Gasteiger charge is 2.56. The molecule has 0 atom stereocenters. The van der Waals surface area contributed by atoms with Gasteiger partial charge in [-0.25, -0.2) is 0 Å². The van der Waals surface area contributed by atoms with E-state index in [1.807, 2.05) is 0 Å². The van der Waals surface area contributed by atoms with Gasteiger partial charge in [-0.3, -0.25) is 9.59 Å². The average Bonchev–Trinajstić information content (AvgIpc) is 3.15. The molecule has 2 N–H and O–H groups in total. The number of unbranched alkanes of at least 4 members (excludes halogenated alkanes) is 2. The maximum Gasteiger partial charge on any atom is 0.235 e. The number of carbonyl (C=O) groups excluding carboxylic acids is 2. The van der Waals surface area contributed by atoms with Crippen molar-refractivity contribution in [2.24, 2.45) is 11.3 Å². The predicted octanol–water partition coefficient (Wildman–Crippen LogP) is 2.24. The van der Waals surface area contributed by atoms with Crippen LogP contribution >= 0.6 is 0 Å². The van der Waals surface area contributed by atoms with Crippen molar-refractivity contribution in [2.45, 2.75) is 59.3 Å². The summed E-state index contributed by atoms with van der Waals surface area (Å²) in [6.07, 6.45) is 5.60. The first-order valence-electron chi connectivity index (χ1n) is 7.59. The Kier molecular flexibility index (Phi) is 6.32. The Morgan fingerprint density at radius 1 is 1.05 bits per heavy atom. The molecule has 0 aromatic heterocycles. The van der Waals surface area contributed by atoms with Crippen LogP contribution in [0.1, 0.15) is 59.3 Å². The fraction of sp³-hybridized carbons (Fsp3) is 0.867. The second kappa shape index (κ2) is 7.51. The zero-order valence-corrected chi connectivity index (χ0v) is 12.6. The van der Waals surface area contributed by atoms with E-state index in [9.17, 15) is 9.59 Å². The van der Waals surface area contributed by atoms with E-state index in [1.54, 1.807) is 0 Å². The Labute approximate surface area is 116 Å². The summed E-state index contributed by atoms with van der Waals surface area (Å²) in [6, 6.07) is 0. The topological polar surface area (TPSA) is 58.2 Å². The highest BCUT2D eigenvalue weighted by molar-refractivity contribution is 6.07. The Morgan fingerprint density at radius 2 is 1.63 bits per heavy atom. The van der Waals surface area contributed by atoms with Crippen molar-refractivity contribution < 1.29 is 9.59 Å². The fourth-order valence-electron chi connectivity index (χ4n) is 2.07. The first kappa shape index (κ1) is 16.0. The SMILES string of the molecule is CCCCCNC(=O)C1(C(=O)NCCC(C)C)CC1. The van der Waals surface area contributed by atoms with Crippen molar-refractivity contribution in [2.75, 3.05) is 13.1 Å². The maximum atomic E-state index is 12.1. The molecule has 4 nitrogen and oxygen atoms in total. The molecule has 0 unspecified atom stereocenters. The van der Waals surface area contributed by atoms with E-state index in [1.165, 1.54) is 0 Å². The normalized spacial score (nSPS) is 16.2. The molecule has 1 aliphatic carbocycles. The minimum atomic E-state index is -0.747. The van der Waals surface area contributed by atoms with Gasteiger partial charge in [0, 0.05) is 13.1 Å². The largest absolute Gasteiger partial charge is 0.355 e. The number of hydrogen-bond acceptors (Lipinski definition) is 2. The number of nitrogens with one attached hydrogen (secondary N) is 2. The zero-order chi connectivity index (χ0) is 14.3. The van der Waals surface area contributed by atoms with Crippen molar-refractivity contribution in [3.63, 3.8) is 0 Å². The van der Waals surface area contributed by atoms with Gasteiger partial charge in [-0.15, -0.1) is 0 Å². The highest BCUT2D eigenvalue weighted by Crippen LogP contribution is 2.46. The van der Waals surface area contributed by atoms with E-state index in [0.717, 1.165) is 25.7 Å². The summed E-state index contributed by atoms with van der Waals surface area (Å²) in [5.41, 5.74) is -0.747. The number of hydrogen-bond donors (Lipinski definition) is 2. The van der Waals surface area contributed by atoms with Crippen LogP contribution in [0.2, 0.25) is 0 Å². The van der Waals surface area contributed by atoms with Crippen LogP contribution < -0.4 is 10.6 Å². The summed E-state index contributed by atoms with van der Waals surface area (Å²) in [4.78, 5) is 24.1.